The molecule has 33 heavy (non-hydrogen) atoms. The van der Waals surface area contributed by atoms with Gasteiger partial charge in [-0.1, -0.05) is 60.7 Å². The molecule has 3 nitrogen and oxygen atoms in total. The van der Waals surface area contributed by atoms with Gasteiger partial charge in [0, 0.05) is 13.1 Å². The van der Waals surface area contributed by atoms with Gasteiger partial charge < -0.3 is 14.5 Å². The molecule has 0 amide bonds. The third kappa shape index (κ3) is 6.93. The maximum absolute atomic E-state index is 6.15. The van der Waals surface area contributed by atoms with E-state index >= 15 is 0 Å². The lowest BCUT2D eigenvalue weighted by Gasteiger charge is -2.27. The number of benzene rings is 3. The maximum atomic E-state index is 6.15. The van der Waals surface area contributed by atoms with Crippen molar-refractivity contribution in [3.8, 4) is 16.9 Å². The van der Waals surface area contributed by atoms with Crippen LogP contribution >= 0.6 is 0 Å². The Kier molecular flexibility index (Phi) is 8.20. The lowest BCUT2D eigenvalue weighted by molar-refractivity contribution is 0.257. The molecule has 0 radical (unpaired) electrons. The van der Waals surface area contributed by atoms with Gasteiger partial charge in [0.05, 0.1) is 0 Å². The number of nitrogens with zero attached hydrogens (tertiary/aromatic N) is 2. The van der Waals surface area contributed by atoms with Crippen LogP contribution in [0, 0.1) is 5.92 Å². The molecule has 4 rings (SSSR count). The Morgan fingerprint density at radius 1 is 0.788 bits per heavy atom. The second-order valence-corrected chi connectivity index (χ2v) is 9.79. The molecule has 3 aromatic carbocycles. The van der Waals surface area contributed by atoms with Crippen molar-refractivity contribution in [1.29, 1.82) is 0 Å². The number of fused-ring (bicyclic) bond motifs is 1. The van der Waals surface area contributed by atoms with E-state index in [1.54, 1.807) is 0 Å². The third-order valence-corrected chi connectivity index (χ3v) is 6.82. The van der Waals surface area contributed by atoms with Crippen LogP contribution in [-0.4, -0.2) is 50.6 Å². The van der Waals surface area contributed by atoms with E-state index in [9.17, 15) is 0 Å². The van der Waals surface area contributed by atoms with Crippen LogP contribution in [0.1, 0.15) is 29.5 Å². The summed E-state index contributed by atoms with van der Waals surface area (Å²) >= 11 is 0. The molecule has 3 heteroatoms. The fraction of sp³-hybridized carbons (Fsp3) is 0.400. The van der Waals surface area contributed by atoms with Gasteiger partial charge >= 0.3 is 0 Å². The summed E-state index contributed by atoms with van der Waals surface area (Å²) in [5.41, 5.74) is 6.68. The van der Waals surface area contributed by atoms with E-state index in [0.717, 1.165) is 24.8 Å². The lowest BCUT2D eigenvalue weighted by atomic mass is 9.82. The smallest absolute Gasteiger partial charge is 0.120 e. The van der Waals surface area contributed by atoms with Gasteiger partial charge in [-0.3, -0.25) is 0 Å². The highest BCUT2D eigenvalue weighted by Crippen LogP contribution is 2.30. The van der Waals surface area contributed by atoms with Crippen molar-refractivity contribution < 1.29 is 4.74 Å². The Hall–Kier alpha value is -2.62. The van der Waals surface area contributed by atoms with Crippen molar-refractivity contribution in [3.63, 3.8) is 0 Å². The molecule has 0 aromatic heterocycles. The quantitative estimate of drug-likeness (QED) is 0.388. The fourth-order valence-corrected chi connectivity index (χ4v) is 4.62. The number of hydrogen-bond donors (Lipinski definition) is 0. The first-order valence-electron chi connectivity index (χ1n) is 12.3. The average molecular weight is 443 g/mol. The van der Waals surface area contributed by atoms with Gasteiger partial charge in [-0.15, -0.1) is 0 Å². The second kappa shape index (κ2) is 11.5. The summed E-state index contributed by atoms with van der Waals surface area (Å²) in [6, 6.07) is 25.9. The van der Waals surface area contributed by atoms with E-state index < -0.39 is 0 Å². The Balaban J connectivity index is 1.26. The molecule has 0 N–H and O–H groups in total. The van der Waals surface area contributed by atoms with Crippen molar-refractivity contribution in [3.05, 3.63) is 89.5 Å². The predicted molar refractivity (Wildman–Crippen MR) is 139 cm³/mol. The van der Waals surface area contributed by atoms with Crippen LogP contribution in [0.15, 0.2) is 72.8 Å². The Labute approximate surface area is 200 Å². The van der Waals surface area contributed by atoms with Crippen LogP contribution in [0.25, 0.3) is 11.1 Å². The van der Waals surface area contributed by atoms with Crippen molar-refractivity contribution in [2.45, 2.75) is 32.3 Å². The van der Waals surface area contributed by atoms with E-state index in [1.165, 1.54) is 60.0 Å². The summed E-state index contributed by atoms with van der Waals surface area (Å²) in [7, 11) is 6.54. The second-order valence-electron chi connectivity index (χ2n) is 9.79. The van der Waals surface area contributed by atoms with E-state index in [0.29, 0.717) is 6.61 Å². The van der Waals surface area contributed by atoms with Gasteiger partial charge in [-0.25, -0.2) is 0 Å². The standard InChI is InChI=1S/C30H38N2O/c1-31(2)19-20-32(3)18-17-24-9-14-29-22-30(16-15-28(29)21-24)33-23-25-10-12-27(13-11-25)26-7-5-4-6-8-26/h4-8,10-13,15-16,22,24H,9,14,17-21,23H2,1-3H3. The number of ether oxygens (including phenoxy) is 1. The van der Waals surface area contributed by atoms with Crippen LogP contribution < -0.4 is 4.74 Å². The van der Waals surface area contributed by atoms with Gasteiger partial charge in [0.2, 0.25) is 0 Å². The van der Waals surface area contributed by atoms with Gasteiger partial charge in [-0.05, 0) is 99.2 Å². The number of hydrogen-bond acceptors (Lipinski definition) is 3. The number of likely N-dealkylation sites (N-methyl/N-ethyl adjacent to an activating group) is 2. The first kappa shape index (κ1) is 23.5. The molecule has 1 unspecified atom stereocenters. The highest BCUT2D eigenvalue weighted by atomic mass is 16.5. The van der Waals surface area contributed by atoms with Crippen LogP contribution in [0.5, 0.6) is 5.75 Å². The zero-order valence-electron chi connectivity index (χ0n) is 20.5. The molecular formula is C30H38N2O. The summed E-state index contributed by atoms with van der Waals surface area (Å²) in [5, 5.41) is 0. The van der Waals surface area contributed by atoms with Crippen molar-refractivity contribution in [2.75, 3.05) is 40.8 Å². The zero-order chi connectivity index (χ0) is 23.0. The molecule has 0 fully saturated rings. The molecule has 0 aliphatic heterocycles. The molecular weight excluding hydrogens is 404 g/mol. The minimum atomic E-state index is 0.607. The van der Waals surface area contributed by atoms with E-state index in [2.05, 4.69) is 104 Å². The molecule has 1 atom stereocenters. The van der Waals surface area contributed by atoms with Crippen LogP contribution in [0.2, 0.25) is 0 Å². The average Bonchev–Trinajstić information content (AvgIpc) is 2.85. The topological polar surface area (TPSA) is 15.7 Å². The van der Waals surface area contributed by atoms with Crippen LogP contribution in [0.4, 0.5) is 0 Å². The van der Waals surface area contributed by atoms with Crippen LogP contribution in [-0.2, 0) is 19.4 Å². The molecule has 0 bridgehead atoms. The van der Waals surface area contributed by atoms with E-state index in [4.69, 9.17) is 4.74 Å². The number of aryl methyl sites for hydroxylation is 1. The largest absolute Gasteiger partial charge is 0.489 e. The van der Waals surface area contributed by atoms with Gasteiger partial charge in [-0.2, -0.15) is 0 Å². The molecule has 1 aliphatic carbocycles. The van der Waals surface area contributed by atoms with Gasteiger partial charge in [0.1, 0.15) is 12.4 Å². The van der Waals surface area contributed by atoms with Gasteiger partial charge in [0.15, 0.2) is 0 Å². The summed E-state index contributed by atoms with van der Waals surface area (Å²) < 4.78 is 6.15. The maximum Gasteiger partial charge on any atom is 0.120 e. The van der Waals surface area contributed by atoms with Crippen molar-refractivity contribution in [1.82, 2.24) is 9.80 Å². The Morgan fingerprint density at radius 2 is 1.55 bits per heavy atom. The van der Waals surface area contributed by atoms with Crippen LogP contribution in [0.3, 0.4) is 0 Å². The first-order valence-corrected chi connectivity index (χ1v) is 12.3. The van der Waals surface area contributed by atoms with Gasteiger partial charge in [0.25, 0.3) is 0 Å². The highest BCUT2D eigenvalue weighted by Gasteiger charge is 2.19. The molecule has 3 aromatic rings. The molecule has 174 valence electrons. The number of rotatable bonds is 10. The van der Waals surface area contributed by atoms with Crippen molar-refractivity contribution in [2.24, 2.45) is 5.92 Å². The summed E-state index contributed by atoms with van der Waals surface area (Å²) in [6.45, 7) is 4.07. The minimum absolute atomic E-state index is 0.607. The normalized spacial score (nSPS) is 15.6. The van der Waals surface area contributed by atoms with E-state index in [-0.39, 0.29) is 0 Å². The minimum Gasteiger partial charge on any atom is -0.489 e. The molecule has 0 spiro atoms. The fourth-order valence-electron chi connectivity index (χ4n) is 4.62. The SMILES string of the molecule is CN(C)CCN(C)CCC1CCc2cc(OCc3ccc(-c4ccccc4)cc3)ccc2C1. The first-order chi connectivity index (χ1) is 16.1. The zero-order valence-corrected chi connectivity index (χ0v) is 20.5. The monoisotopic (exact) mass is 442 g/mol. The summed E-state index contributed by atoms with van der Waals surface area (Å²) in [6.07, 6.45) is 4.96. The summed E-state index contributed by atoms with van der Waals surface area (Å²) in [4.78, 5) is 4.73. The third-order valence-electron chi connectivity index (χ3n) is 6.82. The Bertz CT molecular complexity index is 998. The molecule has 0 saturated carbocycles. The summed E-state index contributed by atoms with van der Waals surface area (Å²) in [5.74, 6) is 1.79. The van der Waals surface area contributed by atoms with Crippen molar-refractivity contribution >= 4 is 0 Å². The lowest BCUT2D eigenvalue weighted by Crippen LogP contribution is -2.30. The van der Waals surface area contributed by atoms with E-state index in [1.807, 2.05) is 0 Å². The Morgan fingerprint density at radius 3 is 2.30 bits per heavy atom. The highest BCUT2D eigenvalue weighted by molar-refractivity contribution is 5.63. The molecule has 0 heterocycles. The predicted octanol–water partition coefficient (Wildman–Crippen LogP) is 5.92. The molecule has 1 aliphatic rings. The molecule has 0 saturated heterocycles.